The highest BCUT2D eigenvalue weighted by Crippen LogP contribution is 1.88. The van der Waals surface area contributed by atoms with Crippen molar-refractivity contribution in [2.45, 2.75) is 12.5 Å². The highest BCUT2D eigenvalue weighted by Gasteiger charge is 2.22. The lowest BCUT2D eigenvalue weighted by atomic mass is 10.1. The van der Waals surface area contributed by atoms with Crippen molar-refractivity contribution in [3.8, 4) is 0 Å². The number of nitrogens with two attached hydrogens (primary N) is 1. The first-order valence-electron chi connectivity index (χ1n) is 2.68. The minimum absolute atomic E-state index is 0. The molecule has 0 heterocycles. The third-order valence-electron chi connectivity index (χ3n) is 0.938. The molecule has 0 bridgehead atoms. The Morgan fingerprint density at radius 3 is 1.92 bits per heavy atom. The Bertz CT molecular complexity index is 204. The summed E-state index contributed by atoms with van der Waals surface area (Å²) in [5.74, 6) is -3.91. The number of carbonyl (C=O) groups excluding carboxylic acids is 1. The summed E-state index contributed by atoms with van der Waals surface area (Å²) in [7, 11) is 0. The van der Waals surface area contributed by atoms with E-state index in [2.05, 4.69) is 0 Å². The number of hydrogen-bond acceptors (Lipinski definition) is 4. The zero-order valence-electron chi connectivity index (χ0n) is 5.89. The van der Waals surface area contributed by atoms with Crippen molar-refractivity contribution >= 4 is 30.1 Å². The fraction of sp³-hybridized carbons (Fsp3) is 0.400. The summed E-state index contributed by atoms with van der Waals surface area (Å²) in [6.07, 6.45) is -0.854. The van der Waals surface area contributed by atoms with Crippen LogP contribution in [0.25, 0.3) is 0 Å². The Morgan fingerprint density at radius 2 is 1.67 bits per heavy atom. The van der Waals surface area contributed by atoms with Gasteiger partial charge in [0.2, 0.25) is 0 Å². The van der Waals surface area contributed by atoms with Gasteiger partial charge in [-0.15, -0.1) is 12.4 Å². The molecule has 0 radical (unpaired) electrons. The van der Waals surface area contributed by atoms with Crippen LogP contribution >= 0.6 is 12.4 Å². The maximum absolute atomic E-state index is 10.5. The quantitative estimate of drug-likeness (QED) is 0.491. The van der Waals surface area contributed by atoms with Crippen LogP contribution in [0.1, 0.15) is 6.42 Å². The molecular weight excluding hydrogens is 190 g/mol. The fourth-order valence-corrected chi connectivity index (χ4v) is 0.397. The third-order valence-corrected chi connectivity index (χ3v) is 0.938. The van der Waals surface area contributed by atoms with Gasteiger partial charge in [0, 0.05) is 0 Å². The maximum Gasteiger partial charge on any atom is 0.328 e. The lowest BCUT2D eigenvalue weighted by Crippen LogP contribution is -2.39. The van der Waals surface area contributed by atoms with E-state index in [4.69, 9.17) is 15.9 Å². The van der Waals surface area contributed by atoms with Gasteiger partial charge in [0.1, 0.15) is 6.42 Å². The van der Waals surface area contributed by atoms with Crippen LogP contribution in [0.5, 0.6) is 0 Å². The molecule has 0 fully saturated rings. The molecule has 0 aliphatic carbocycles. The minimum Gasteiger partial charge on any atom is -0.481 e. The molecule has 7 heteroatoms. The number of carboxylic acids is 2. The van der Waals surface area contributed by atoms with Gasteiger partial charge in [0.05, 0.1) is 0 Å². The van der Waals surface area contributed by atoms with Crippen molar-refractivity contribution in [1.82, 2.24) is 0 Å². The lowest BCUT2D eigenvalue weighted by molar-refractivity contribution is -0.144. The number of Topliss-reactive ketones (excluding diaryl/α,β-unsaturated/α-hetero) is 1. The van der Waals surface area contributed by atoms with E-state index < -0.39 is 30.2 Å². The van der Waals surface area contributed by atoms with E-state index in [1.807, 2.05) is 0 Å². The molecule has 0 aromatic heterocycles. The van der Waals surface area contributed by atoms with Crippen LogP contribution in [-0.4, -0.2) is 34.0 Å². The molecule has 70 valence electrons. The molecule has 0 saturated carbocycles. The van der Waals surface area contributed by atoms with E-state index in [-0.39, 0.29) is 12.4 Å². The topological polar surface area (TPSA) is 118 Å². The number of hydrogen-bond donors (Lipinski definition) is 3. The second-order valence-electron chi connectivity index (χ2n) is 1.85. The molecule has 1 atom stereocenters. The molecule has 0 saturated heterocycles. The van der Waals surface area contributed by atoms with Gasteiger partial charge < -0.3 is 15.9 Å². The molecule has 12 heavy (non-hydrogen) atoms. The molecule has 0 aliphatic rings. The van der Waals surface area contributed by atoms with Crippen LogP contribution < -0.4 is 5.73 Å². The summed E-state index contributed by atoms with van der Waals surface area (Å²) < 4.78 is 0. The summed E-state index contributed by atoms with van der Waals surface area (Å²) in [6, 6.07) is -1.73. The average molecular weight is 198 g/mol. The van der Waals surface area contributed by atoms with Crippen LogP contribution in [-0.2, 0) is 14.4 Å². The van der Waals surface area contributed by atoms with Gasteiger partial charge >= 0.3 is 11.9 Å². The summed E-state index contributed by atoms with van der Waals surface area (Å²) in [5, 5.41) is 16.2. The zero-order valence-corrected chi connectivity index (χ0v) is 6.71. The smallest absolute Gasteiger partial charge is 0.328 e. The van der Waals surface area contributed by atoms with Gasteiger partial charge in [-0.3, -0.25) is 14.4 Å². The van der Waals surface area contributed by atoms with Crippen LogP contribution in [0, 0.1) is 0 Å². The normalized spacial score (nSPS) is 11.1. The Balaban J connectivity index is 0. The van der Waals surface area contributed by atoms with Crippen LogP contribution in [0.2, 0.25) is 0 Å². The molecule has 0 spiro atoms. The largest absolute Gasteiger partial charge is 0.481 e. The molecule has 1 unspecified atom stereocenters. The molecular formula is C5H8ClNO5. The predicted octanol–water partition coefficient (Wildman–Crippen LogP) is -1.14. The van der Waals surface area contributed by atoms with Crippen molar-refractivity contribution in [3.05, 3.63) is 0 Å². The molecule has 0 aromatic carbocycles. The van der Waals surface area contributed by atoms with E-state index in [1.54, 1.807) is 0 Å². The number of carbonyl (C=O) groups is 3. The molecule has 4 N–H and O–H groups in total. The van der Waals surface area contributed by atoms with Crippen LogP contribution in [0.15, 0.2) is 0 Å². The van der Waals surface area contributed by atoms with Crippen molar-refractivity contribution in [3.63, 3.8) is 0 Å². The van der Waals surface area contributed by atoms with Crippen LogP contribution in [0.4, 0.5) is 0 Å². The molecule has 6 nitrogen and oxygen atoms in total. The Hall–Kier alpha value is -1.14. The first-order valence-corrected chi connectivity index (χ1v) is 2.68. The van der Waals surface area contributed by atoms with Gasteiger partial charge in [-0.2, -0.15) is 0 Å². The molecule has 0 aliphatic heterocycles. The van der Waals surface area contributed by atoms with Crippen molar-refractivity contribution in [1.29, 1.82) is 0 Å². The number of rotatable bonds is 4. The van der Waals surface area contributed by atoms with Gasteiger partial charge in [-0.25, -0.2) is 0 Å². The first-order chi connectivity index (χ1) is 4.95. The average Bonchev–Trinajstić information content (AvgIpc) is 1.84. The van der Waals surface area contributed by atoms with E-state index in [0.29, 0.717) is 0 Å². The van der Waals surface area contributed by atoms with Gasteiger partial charge in [0.25, 0.3) is 0 Å². The van der Waals surface area contributed by atoms with E-state index in [1.165, 1.54) is 0 Å². The second-order valence-corrected chi connectivity index (χ2v) is 1.85. The Kier molecular flexibility index (Phi) is 6.17. The minimum atomic E-state index is -1.73. The van der Waals surface area contributed by atoms with E-state index in [9.17, 15) is 14.4 Å². The van der Waals surface area contributed by atoms with Crippen molar-refractivity contribution < 1.29 is 24.6 Å². The zero-order chi connectivity index (χ0) is 9.02. The SMILES string of the molecule is Cl.NC(C(=O)O)C(=O)CC(=O)O. The fourth-order valence-electron chi connectivity index (χ4n) is 0.397. The molecule has 0 amide bonds. The Morgan fingerprint density at radius 1 is 1.25 bits per heavy atom. The summed E-state index contributed by atoms with van der Waals surface area (Å²) in [4.78, 5) is 30.4. The highest BCUT2D eigenvalue weighted by molar-refractivity contribution is 6.08. The maximum atomic E-state index is 10.5. The number of halogens is 1. The summed E-state index contributed by atoms with van der Waals surface area (Å²) in [6.45, 7) is 0. The predicted molar refractivity (Wildman–Crippen MR) is 40.1 cm³/mol. The summed E-state index contributed by atoms with van der Waals surface area (Å²) >= 11 is 0. The first kappa shape index (κ1) is 13.4. The van der Waals surface area contributed by atoms with E-state index in [0.717, 1.165) is 0 Å². The Labute approximate surface area is 73.8 Å². The van der Waals surface area contributed by atoms with Gasteiger partial charge in [-0.05, 0) is 0 Å². The number of carboxylic acid groups (broad SMARTS) is 2. The molecule has 0 aromatic rings. The standard InChI is InChI=1S/C5H7NO5.ClH/c6-4(5(10)11)2(7)1-3(8)9;/h4H,1,6H2,(H,8,9)(H,10,11);1H. The molecule has 0 rings (SSSR count). The third kappa shape index (κ3) is 4.64. The number of ketones is 1. The monoisotopic (exact) mass is 197 g/mol. The highest BCUT2D eigenvalue weighted by atomic mass is 35.5. The lowest BCUT2D eigenvalue weighted by Gasteiger charge is -2.00. The second kappa shape index (κ2) is 5.50. The van der Waals surface area contributed by atoms with Gasteiger partial charge in [0.15, 0.2) is 11.8 Å². The van der Waals surface area contributed by atoms with E-state index >= 15 is 0 Å². The van der Waals surface area contributed by atoms with Crippen LogP contribution in [0.3, 0.4) is 0 Å². The van der Waals surface area contributed by atoms with Crippen molar-refractivity contribution in [2.24, 2.45) is 5.73 Å². The number of aliphatic carboxylic acids is 2. The van der Waals surface area contributed by atoms with Gasteiger partial charge in [-0.1, -0.05) is 0 Å². The van der Waals surface area contributed by atoms with Crippen molar-refractivity contribution in [2.75, 3.05) is 0 Å². The summed E-state index contributed by atoms with van der Waals surface area (Å²) in [5.41, 5.74) is 4.80.